The van der Waals surface area contributed by atoms with E-state index in [-0.39, 0.29) is 11.8 Å². The molecule has 3 aromatic rings. The van der Waals surface area contributed by atoms with Gasteiger partial charge in [-0.25, -0.2) is 4.98 Å². The van der Waals surface area contributed by atoms with E-state index in [0.29, 0.717) is 28.8 Å². The highest BCUT2D eigenvalue weighted by Gasteiger charge is 2.28. The molecule has 7 heteroatoms. The van der Waals surface area contributed by atoms with Gasteiger partial charge in [-0.15, -0.1) is 11.3 Å². The van der Waals surface area contributed by atoms with Crippen molar-refractivity contribution in [2.24, 2.45) is 0 Å². The molecule has 134 valence electrons. The van der Waals surface area contributed by atoms with Crippen molar-refractivity contribution >= 4 is 28.8 Å². The monoisotopic (exact) mass is 387 g/mol. The molecule has 0 radical (unpaired) electrons. The largest absolute Gasteiger partial charge is 0.445 e. The zero-order valence-electron chi connectivity index (χ0n) is 14.1. The average molecular weight is 388 g/mol. The number of amides is 1. The van der Waals surface area contributed by atoms with Crippen LogP contribution in [0, 0.1) is 0 Å². The lowest BCUT2D eigenvalue weighted by Crippen LogP contribution is -2.38. The zero-order chi connectivity index (χ0) is 17.9. The van der Waals surface area contributed by atoms with Crippen LogP contribution in [-0.4, -0.2) is 33.9 Å². The first-order valence-electron chi connectivity index (χ1n) is 8.56. The van der Waals surface area contributed by atoms with Crippen LogP contribution in [0.2, 0.25) is 5.02 Å². The standard InChI is InChI=1S/C19H18ClN3O2S/c20-15-5-1-3-13(7-15)8-16-9-22-18(25-16)14-4-2-6-23(11-14)19(24)17-10-21-12-26-17/h1,3,5,7,9-10,12,14H,2,4,6,8,11H2. The molecule has 1 amide bonds. The molecule has 1 unspecified atom stereocenters. The van der Waals surface area contributed by atoms with Crippen molar-refractivity contribution < 1.29 is 9.21 Å². The van der Waals surface area contributed by atoms with Crippen LogP contribution in [0.4, 0.5) is 0 Å². The maximum Gasteiger partial charge on any atom is 0.265 e. The van der Waals surface area contributed by atoms with E-state index < -0.39 is 0 Å². The number of piperidine rings is 1. The van der Waals surface area contributed by atoms with Gasteiger partial charge < -0.3 is 9.32 Å². The molecule has 0 N–H and O–H groups in total. The van der Waals surface area contributed by atoms with Crippen LogP contribution < -0.4 is 0 Å². The normalized spacial score (nSPS) is 17.4. The van der Waals surface area contributed by atoms with E-state index in [0.717, 1.165) is 30.7 Å². The topological polar surface area (TPSA) is 59.2 Å². The molecule has 4 rings (SSSR count). The third kappa shape index (κ3) is 3.81. The number of carbonyl (C=O) groups excluding carboxylic acids is 1. The van der Waals surface area contributed by atoms with Crippen molar-refractivity contribution in [3.8, 4) is 0 Å². The number of halogens is 1. The van der Waals surface area contributed by atoms with E-state index in [1.165, 1.54) is 11.3 Å². The molecule has 0 spiro atoms. The smallest absolute Gasteiger partial charge is 0.265 e. The quantitative estimate of drug-likeness (QED) is 0.665. The van der Waals surface area contributed by atoms with E-state index in [9.17, 15) is 4.79 Å². The van der Waals surface area contributed by atoms with Crippen LogP contribution in [0.1, 0.15) is 45.6 Å². The summed E-state index contributed by atoms with van der Waals surface area (Å²) in [5, 5.41) is 0.715. The summed E-state index contributed by atoms with van der Waals surface area (Å²) in [5.41, 5.74) is 2.77. The van der Waals surface area contributed by atoms with Crippen LogP contribution in [0.15, 0.2) is 46.6 Å². The number of hydrogen-bond donors (Lipinski definition) is 0. The van der Waals surface area contributed by atoms with Gasteiger partial charge >= 0.3 is 0 Å². The second kappa shape index (κ2) is 7.60. The highest BCUT2D eigenvalue weighted by atomic mass is 35.5. The molecule has 1 saturated heterocycles. The first-order valence-corrected chi connectivity index (χ1v) is 9.81. The third-order valence-electron chi connectivity index (χ3n) is 4.54. The number of benzene rings is 1. The molecule has 1 aliphatic rings. The molecule has 1 aliphatic heterocycles. The Morgan fingerprint density at radius 2 is 2.31 bits per heavy atom. The minimum absolute atomic E-state index is 0.0444. The van der Waals surface area contributed by atoms with Crippen LogP contribution >= 0.6 is 22.9 Å². The van der Waals surface area contributed by atoms with Gasteiger partial charge in [0.15, 0.2) is 5.89 Å². The predicted molar refractivity (Wildman–Crippen MR) is 101 cm³/mol. The molecular formula is C19H18ClN3O2S. The Hall–Kier alpha value is -2.18. The maximum atomic E-state index is 12.5. The van der Waals surface area contributed by atoms with Crippen LogP contribution in [0.25, 0.3) is 0 Å². The van der Waals surface area contributed by atoms with Gasteiger partial charge in [0.2, 0.25) is 0 Å². The number of hydrogen-bond acceptors (Lipinski definition) is 5. The summed E-state index contributed by atoms with van der Waals surface area (Å²) >= 11 is 7.41. The van der Waals surface area contributed by atoms with E-state index in [1.807, 2.05) is 29.2 Å². The number of thiazole rings is 1. The number of nitrogens with zero attached hydrogens (tertiary/aromatic N) is 3. The second-order valence-electron chi connectivity index (χ2n) is 6.43. The Balaban J connectivity index is 1.44. The van der Waals surface area contributed by atoms with E-state index in [4.69, 9.17) is 16.0 Å². The lowest BCUT2D eigenvalue weighted by Gasteiger charge is -2.30. The summed E-state index contributed by atoms with van der Waals surface area (Å²) in [6.07, 6.45) is 5.99. The fourth-order valence-electron chi connectivity index (χ4n) is 3.28. The fourth-order valence-corrected chi connectivity index (χ4v) is 4.08. The Labute approximate surface area is 160 Å². The SMILES string of the molecule is O=C(c1cncs1)N1CCCC(c2ncc(Cc3cccc(Cl)c3)o2)C1. The van der Waals surface area contributed by atoms with Crippen LogP contribution in [0.5, 0.6) is 0 Å². The predicted octanol–water partition coefficient (Wildman–Crippen LogP) is 4.40. The van der Waals surface area contributed by atoms with Gasteiger partial charge in [-0.05, 0) is 30.5 Å². The molecule has 1 fully saturated rings. The average Bonchev–Trinajstić information content (AvgIpc) is 3.33. The zero-order valence-corrected chi connectivity index (χ0v) is 15.7. The molecular weight excluding hydrogens is 370 g/mol. The molecule has 2 aromatic heterocycles. The first kappa shape index (κ1) is 17.2. The minimum atomic E-state index is 0.0444. The van der Waals surface area contributed by atoms with E-state index >= 15 is 0 Å². The second-order valence-corrected chi connectivity index (χ2v) is 7.75. The van der Waals surface area contributed by atoms with Gasteiger partial charge in [-0.2, -0.15) is 0 Å². The van der Waals surface area contributed by atoms with Crippen LogP contribution in [-0.2, 0) is 6.42 Å². The number of likely N-dealkylation sites (tertiary alicyclic amines) is 1. The summed E-state index contributed by atoms with van der Waals surface area (Å²) in [6.45, 7) is 1.40. The first-order chi connectivity index (χ1) is 12.7. The molecule has 0 bridgehead atoms. The summed E-state index contributed by atoms with van der Waals surface area (Å²) in [4.78, 5) is 23.6. The van der Waals surface area contributed by atoms with Crippen molar-refractivity contribution in [2.45, 2.75) is 25.2 Å². The van der Waals surface area contributed by atoms with Crippen molar-refractivity contribution in [1.29, 1.82) is 0 Å². The molecule has 5 nitrogen and oxygen atoms in total. The lowest BCUT2D eigenvalue weighted by molar-refractivity contribution is 0.0702. The molecule has 26 heavy (non-hydrogen) atoms. The van der Waals surface area contributed by atoms with Gasteiger partial charge in [0, 0.05) is 24.5 Å². The van der Waals surface area contributed by atoms with E-state index in [1.54, 1.807) is 17.9 Å². The van der Waals surface area contributed by atoms with Crippen molar-refractivity contribution in [3.05, 3.63) is 69.3 Å². The van der Waals surface area contributed by atoms with Crippen LogP contribution in [0.3, 0.4) is 0 Å². The van der Waals surface area contributed by atoms with Crippen molar-refractivity contribution in [2.75, 3.05) is 13.1 Å². The number of aromatic nitrogens is 2. The Morgan fingerprint density at radius 3 is 3.12 bits per heavy atom. The molecule has 0 saturated carbocycles. The minimum Gasteiger partial charge on any atom is -0.445 e. The van der Waals surface area contributed by atoms with E-state index in [2.05, 4.69) is 9.97 Å². The summed E-state index contributed by atoms with van der Waals surface area (Å²) in [7, 11) is 0. The number of oxazole rings is 1. The Morgan fingerprint density at radius 1 is 1.38 bits per heavy atom. The summed E-state index contributed by atoms with van der Waals surface area (Å²) in [6, 6.07) is 7.73. The number of carbonyl (C=O) groups is 1. The maximum absolute atomic E-state index is 12.5. The van der Waals surface area contributed by atoms with Crippen molar-refractivity contribution in [3.63, 3.8) is 0 Å². The van der Waals surface area contributed by atoms with Gasteiger partial charge in [0.05, 0.1) is 23.8 Å². The van der Waals surface area contributed by atoms with Gasteiger partial charge in [-0.1, -0.05) is 23.7 Å². The van der Waals surface area contributed by atoms with Gasteiger partial charge in [0.1, 0.15) is 10.6 Å². The highest BCUT2D eigenvalue weighted by molar-refractivity contribution is 7.11. The van der Waals surface area contributed by atoms with Gasteiger partial charge in [0.25, 0.3) is 5.91 Å². The van der Waals surface area contributed by atoms with Crippen molar-refractivity contribution in [1.82, 2.24) is 14.9 Å². The molecule has 1 aromatic carbocycles. The highest BCUT2D eigenvalue weighted by Crippen LogP contribution is 2.28. The Kier molecular flexibility index (Phi) is 5.04. The molecule has 1 atom stereocenters. The summed E-state index contributed by atoms with van der Waals surface area (Å²) in [5.74, 6) is 1.70. The summed E-state index contributed by atoms with van der Waals surface area (Å²) < 4.78 is 5.98. The third-order valence-corrected chi connectivity index (χ3v) is 5.54. The molecule has 0 aliphatic carbocycles. The van der Waals surface area contributed by atoms with Gasteiger partial charge in [-0.3, -0.25) is 9.78 Å². The lowest BCUT2D eigenvalue weighted by atomic mass is 9.98. The fraction of sp³-hybridized carbons (Fsp3) is 0.316. The Bertz CT molecular complexity index is 894. The number of rotatable bonds is 4. The molecule has 3 heterocycles.